The Kier molecular flexibility index (Phi) is 2.99. The molecule has 0 unspecified atom stereocenters. The molecule has 0 spiro atoms. The minimum atomic E-state index is 1.09. The van der Waals surface area contributed by atoms with Gasteiger partial charge in [-0.2, -0.15) is 0 Å². The number of rotatable bonds is 3. The SMILES string of the molecule is CCCCn1c(C)nc2c(C)cc(C)cc21. The molecular weight excluding hydrogens is 196 g/mol. The average molecular weight is 216 g/mol. The molecule has 2 nitrogen and oxygen atoms in total. The Morgan fingerprint density at radius 2 is 1.94 bits per heavy atom. The summed E-state index contributed by atoms with van der Waals surface area (Å²) in [4.78, 5) is 4.67. The average Bonchev–Trinajstić information content (AvgIpc) is 2.53. The summed E-state index contributed by atoms with van der Waals surface area (Å²) in [5, 5.41) is 0. The van der Waals surface area contributed by atoms with Crippen LogP contribution in [0.5, 0.6) is 0 Å². The third kappa shape index (κ3) is 1.84. The minimum absolute atomic E-state index is 1.09. The summed E-state index contributed by atoms with van der Waals surface area (Å²) in [7, 11) is 0. The van der Waals surface area contributed by atoms with Crippen LogP contribution in [-0.2, 0) is 6.54 Å². The van der Waals surface area contributed by atoms with Crippen LogP contribution in [0.25, 0.3) is 11.0 Å². The molecule has 0 atom stereocenters. The highest BCUT2D eigenvalue weighted by Gasteiger charge is 2.09. The van der Waals surface area contributed by atoms with E-state index in [1.807, 2.05) is 0 Å². The Morgan fingerprint density at radius 3 is 2.62 bits per heavy atom. The highest BCUT2D eigenvalue weighted by Crippen LogP contribution is 2.21. The van der Waals surface area contributed by atoms with Crippen LogP contribution in [-0.4, -0.2) is 9.55 Å². The van der Waals surface area contributed by atoms with Gasteiger partial charge in [-0.3, -0.25) is 0 Å². The number of fused-ring (bicyclic) bond motifs is 1. The van der Waals surface area contributed by atoms with Crippen molar-refractivity contribution in [3.8, 4) is 0 Å². The smallest absolute Gasteiger partial charge is 0.106 e. The standard InChI is InChI=1S/C14H20N2/c1-5-6-7-16-12(4)15-14-11(3)8-10(2)9-13(14)16/h8-9H,5-7H2,1-4H3. The van der Waals surface area contributed by atoms with Crippen LogP contribution in [0.3, 0.4) is 0 Å². The Labute approximate surface area is 97.3 Å². The van der Waals surface area contributed by atoms with Gasteiger partial charge in [0.05, 0.1) is 11.0 Å². The quantitative estimate of drug-likeness (QED) is 0.763. The molecule has 0 amide bonds. The Balaban J connectivity index is 2.59. The molecule has 0 aliphatic rings. The molecule has 0 radical (unpaired) electrons. The molecule has 0 bridgehead atoms. The fraction of sp³-hybridized carbons (Fsp3) is 0.500. The summed E-state index contributed by atoms with van der Waals surface area (Å²) < 4.78 is 2.35. The van der Waals surface area contributed by atoms with E-state index in [-0.39, 0.29) is 0 Å². The molecule has 0 aliphatic carbocycles. The number of imidazole rings is 1. The zero-order valence-electron chi connectivity index (χ0n) is 10.7. The van der Waals surface area contributed by atoms with E-state index in [0.29, 0.717) is 0 Å². The number of nitrogens with zero attached hydrogens (tertiary/aromatic N) is 2. The first-order valence-corrected chi connectivity index (χ1v) is 6.07. The molecule has 0 aliphatic heterocycles. The topological polar surface area (TPSA) is 17.8 Å². The van der Waals surface area contributed by atoms with Gasteiger partial charge in [-0.05, 0) is 44.4 Å². The maximum atomic E-state index is 4.67. The second-order valence-electron chi connectivity index (χ2n) is 4.61. The Hall–Kier alpha value is -1.31. The number of hydrogen-bond acceptors (Lipinski definition) is 1. The first-order chi connectivity index (χ1) is 7.63. The molecule has 86 valence electrons. The van der Waals surface area contributed by atoms with Crippen molar-refractivity contribution in [2.45, 2.75) is 47.1 Å². The number of hydrogen-bond donors (Lipinski definition) is 0. The van der Waals surface area contributed by atoms with Gasteiger partial charge in [0.2, 0.25) is 0 Å². The van der Waals surface area contributed by atoms with Gasteiger partial charge in [0, 0.05) is 6.54 Å². The second kappa shape index (κ2) is 4.28. The third-order valence-corrected chi connectivity index (χ3v) is 3.12. The maximum Gasteiger partial charge on any atom is 0.106 e. The molecule has 16 heavy (non-hydrogen) atoms. The summed E-state index contributed by atoms with van der Waals surface area (Å²) in [6.45, 7) is 9.71. The van der Waals surface area contributed by atoms with Crippen LogP contribution < -0.4 is 0 Å². The second-order valence-corrected chi connectivity index (χ2v) is 4.61. The molecular formula is C14H20N2. The lowest BCUT2D eigenvalue weighted by Gasteiger charge is -2.06. The van der Waals surface area contributed by atoms with E-state index in [0.717, 1.165) is 12.4 Å². The zero-order valence-corrected chi connectivity index (χ0v) is 10.7. The Morgan fingerprint density at radius 1 is 1.19 bits per heavy atom. The van der Waals surface area contributed by atoms with Gasteiger partial charge in [0.1, 0.15) is 5.82 Å². The third-order valence-electron chi connectivity index (χ3n) is 3.12. The van der Waals surface area contributed by atoms with Crippen molar-refractivity contribution in [1.29, 1.82) is 0 Å². The zero-order chi connectivity index (χ0) is 11.7. The summed E-state index contributed by atoms with van der Waals surface area (Å²) in [5.74, 6) is 1.14. The molecule has 2 heteroatoms. The Bertz CT molecular complexity index is 509. The fourth-order valence-electron chi connectivity index (χ4n) is 2.28. The van der Waals surface area contributed by atoms with Crippen molar-refractivity contribution in [2.24, 2.45) is 0 Å². The predicted molar refractivity (Wildman–Crippen MR) is 68.9 cm³/mol. The van der Waals surface area contributed by atoms with E-state index in [4.69, 9.17) is 0 Å². The number of aromatic nitrogens is 2. The van der Waals surface area contributed by atoms with Gasteiger partial charge in [-0.15, -0.1) is 0 Å². The lowest BCUT2D eigenvalue weighted by atomic mass is 10.1. The fourth-order valence-corrected chi connectivity index (χ4v) is 2.28. The maximum absolute atomic E-state index is 4.67. The highest BCUT2D eigenvalue weighted by molar-refractivity contribution is 5.80. The van der Waals surface area contributed by atoms with Crippen LogP contribution in [0, 0.1) is 20.8 Å². The first-order valence-electron chi connectivity index (χ1n) is 6.07. The predicted octanol–water partition coefficient (Wildman–Crippen LogP) is 3.76. The number of aryl methyl sites for hydroxylation is 4. The van der Waals surface area contributed by atoms with Crippen LogP contribution in [0.15, 0.2) is 12.1 Å². The van der Waals surface area contributed by atoms with Gasteiger partial charge in [-0.1, -0.05) is 19.4 Å². The number of unbranched alkanes of at least 4 members (excludes halogenated alkanes) is 1. The summed E-state index contributed by atoms with van der Waals surface area (Å²) >= 11 is 0. The van der Waals surface area contributed by atoms with Gasteiger partial charge >= 0.3 is 0 Å². The summed E-state index contributed by atoms with van der Waals surface area (Å²) in [5.41, 5.74) is 5.07. The molecule has 2 aromatic rings. The highest BCUT2D eigenvalue weighted by atomic mass is 15.1. The van der Waals surface area contributed by atoms with Crippen molar-refractivity contribution in [3.05, 3.63) is 29.1 Å². The van der Waals surface area contributed by atoms with E-state index < -0.39 is 0 Å². The molecule has 2 rings (SSSR count). The molecule has 1 heterocycles. The minimum Gasteiger partial charge on any atom is -0.328 e. The van der Waals surface area contributed by atoms with Crippen molar-refractivity contribution >= 4 is 11.0 Å². The van der Waals surface area contributed by atoms with E-state index in [1.165, 1.54) is 35.0 Å². The van der Waals surface area contributed by atoms with Crippen LogP contribution in [0.1, 0.15) is 36.7 Å². The lowest BCUT2D eigenvalue weighted by molar-refractivity contribution is 0.630. The monoisotopic (exact) mass is 216 g/mol. The van der Waals surface area contributed by atoms with E-state index in [9.17, 15) is 0 Å². The van der Waals surface area contributed by atoms with Crippen LogP contribution >= 0.6 is 0 Å². The van der Waals surface area contributed by atoms with E-state index >= 15 is 0 Å². The van der Waals surface area contributed by atoms with Gasteiger partial charge in [-0.25, -0.2) is 4.98 Å². The summed E-state index contributed by atoms with van der Waals surface area (Å²) in [6, 6.07) is 4.46. The van der Waals surface area contributed by atoms with Crippen LogP contribution in [0.4, 0.5) is 0 Å². The normalized spacial score (nSPS) is 11.2. The van der Waals surface area contributed by atoms with E-state index in [1.54, 1.807) is 0 Å². The van der Waals surface area contributed by atoms with Crippen molar-refractivity contribution in [2.75, 3.05) is 0 Å². The van der Waals surface area contributed by atoms with Gasteiger partial charge < -0.3 is 4.57 Å². The lowest BCUT2D eigenvalue weighted by Crippen LogP contribution is -2.00. The number of benzene rings is 1. The van der Waals surface area contributed by atoms with Crippen molar-refractivity contribution < 1.29 is 0 Å². The van der Waals surface area contributed by atoms with Gasteiger partial charge in [0.25, 0.3) is 0 Å². The van der Waals surface area contributed by atoms with Crippen molar-refractivity contribution in [3.63, 3.8) is 0 Å². The van der Waals surface area contributed by atoms with E-state index in [2.05, 4.69) is 49.4 Å². The molecule has 0 N–H and O–H groups in total. The molecule has 0 fully saturated rings. The van der Waals surface area contributed by atoms with Crippen LogP contribution in [0.2, 0.25) is 0 Å². The summed E-state index contributed by atoms with van der Waals surface area (Å²) in [6.07, 6.45) is 2.45. The molecule has 0 saturated carbocycles. The largest absolute Gasteiger partial charge is 0.328 e. The molecule has 1 aromatic heterocycles. The first kappa shape index (κ1) is 11.2. The molecule has 0 saturated heterocycles. The van der Waals surface area contributed by atoms with Gasteiger partial charge in [0.15, 0.2) is 0 Å². The van der Waals surface area contributed by atoms with Crippen molar-refractivity contribution in [1.82, 2.24) is 9.55 Å². The molecule has 1 aromatic carbocycles.